The molecule has 1 spiro atoms. The second-order valence-electron chi connectivity index (χ2n) is 7.46. The number of likely N-dealkylation sites (tertiary alicyclic amines) is 1. The molecule has 6 heteroatoms. The summed E-state index contributed by atoms with van der Waals surface area (Å²) in [4.78, 5) is 21.3. The fraction of sp³-hybridized carbons (Fsp3) is 0.667. The molecule has 1 aliphatic carbocycles. The number of nitrogens with zero attached hydrogens (tertiary/aromatic N) is 3. The number of ether oxygens (including phenoxy) is 1. The van der Waals surface area contributed by atoms with E-state index in [1.54, 1.807) is 7.05 Å². The first-order chi connectivity index (χ1) is 11.7. The van der Waals surface area contributed by atoms with Crippen LogP contribution in [-0.4, -0.2) is 72.2 Å². The smallest absolute Gasteiger partial charge is 0.239 e. The molecule has 1 saturated carbocycles. The highest BCUT2D eigenvalue weighted by Gasteiger charge is 2.50. The minimum Gasteiger partial charge on any atom is -0.369 e. The van der Waals surface area contributed by atoms with Crippen molar-refractivity contribution >= 4 is 5.91 Å². The van der Waals surface area contributed by atoms with Gasteiger partial charge in [-0.25, -0.2) is 0 Å². The molecule has 1 atom stereocenters. The van der Waals surface area contributed by atoms with Crippen LogP contribution in [0.5, 0.6) is 0 Å². The number of hydrogen-bond donors (Lipinski definition) is 1. The van der Waals surface area contributed by atoms with Gasteiger partial charge in [-0.2, -0.15) is 0 Å². The Balaban J connectivity index is 1.36. The molecular weight excluding hydrogens is 304 g/mol. The van der Waals surface area contributed by atoms with Gasteiger partial charge in [-0.05, 0) is 30.9 Å². The highest BCUT2D eigenvalue weighted by atomic mass is 16.5. The number of likely N-dealkylation sites (N-methyl/N-ethyl adjacent to an activating group) is 1. The van der Waals surface area contributed by atoms with Crippen molar-refractivity contribution in [1.82, 2.24) is 20.1 Å². The van der Waals surface area contributed by atoms with Crippen molar-refractivity contribution in [2.24, 2.45) is 5.92 Å². The van der Waals surface area contributed by atoms with Gasteiger partial charge in [0.25, 0.3) is 0 Å². The van der Waals surface area contributed by atoms with E-state index in [1.807, 2.05) is 18.3 Å². The molecule has 0 unspecified atom stereocenters. The third-order valence-electron chi connectivity index (χ3n) is 5.35. The normalized spacial score (nSPS) is 27.0. The molecular formula is C18H26N4O2. The predicted octanol–water partition coefficient (Wildman–Crippen LogP) is 0.493. The molecule has 3 aliphatic rings. The summed E-state index contributed by atoms with van der Waals surface area (Å²) in [5.41, 5.74) is 0.995. The lowest BCUT2D eigenvalue weighted by molar-refractivity contribution is -0.203. The van der Waals surface area contributed by atoms with E-state index in [-0.39, 0.29) is 17.6 Å². The molecule has 1 N–H and O–H groups in total. The Labute approximate surface area is 143 Å². The highest BCUT2D eigenvalue weighted by Crippen LogP contribution is 2.36. The van der Waals surface area contributed by atoms with Crippen molar-refractivity contribution in [3.05, 3.63) is 30.1 Å². The van der Waals surface area contributed by atoms with Crippen LogP contribution in [0.3, 0.4) is 0 Å². The number of amides is 1. The maximum Gasteiger partial charge on any atom is 0.239 e. The van der Waals surface area contributed by atoms with Gasteiger partial charge in [-0.1, -0.05) is 6.07 Å². The van der Waals surface area contributed by atoms with Crippen LogP contribution in [0, 0.1) is 5.92 Å². The molecule has 4 rings (SSSR count). The van der Waals surface area contributed by atoms with Gasteiger partial charge in [-0.15, -0.1) is 0 Å². The Morgan fingerprint density at radius 1 is 1.38 bits per heavy atom. The first kappa shape index (κ1) is 16.0. The van der Waals surface area contributed by atoms with Gasteiger partial charge in [-0.3, -0.25) is 19.6 Å². The Morgan fingerprint density at radius 3 is 2.88 bits per heavy atom. The van der Waals surface area contributed by atoms with Crippen LogP contribution in [0.15, 0.2) is 24.4 Å². The molecule has 1 aromatic rings. The van der Waals surface area contributed by atoms with Crippen LogP contribution in [0.4, 0.5) is 0 Å². The molecule has 2 saturated heterocycles. The van der Waals surface area contributed by atoms with E-state index in [0.717, 1.165) is 44.3 Å². The second-order valence-corrected chi connectivity index (χ2v) is 7.46. The number of morpholine rings is 1. The average molecular weight is 330 g/mol. The molecule has 0 bridgehead atoms. The van der Waals surface area contributed by atoms with Crippen molar-refractivity contribution in [3.63, 3.8) is 0 Å². The van der Waals surface area contributed by atoms with Gasteiger partial charge in [0.2, 0.25) is 5.91 Å². The number of aromatic nitrogens is 1. The monoisotopic (exact) mass is 330 g/mol. The zero-order valence-corrected chi connectivity index (χ0v) is 14.3. The predicted molar refractivity (Wildman–Crippen MR) is 90.3 cm³/mol. The summed E-state index contributed by atoms with van der Waals surface area (Å²) >= 11 is 0. The summed E-state index contributed by atoms with van der Waals surface area (Å²) in [7, 11) is 1.71. The summed E-state index contributed by atoms with van der Waals surface area (Å²) in [5, 5.41) is 2.78. The third-order valence-corrected chi connectivity index (χ3v) is 5.35. The third kappa shape index (κ3) is 3.31. The number of nitrogens with one attached hydrogen (secondary N) is 1. The molecule has 6 nitrogen and oxygen atoms in total. The van der Waals surface area contributed by atoms with Gasteiger partial charge in [0.1, 0.15) is 11.6 Å². The molecule has 0 aromatic carbocycles. The minimum atomic E-state index is -0.133. The van der Waals surface area contributed by atoms with Crippen LogP contribution in [0.25, 0.3) is 0 Å². The largest absolute Gasteiger partial charge is 0.369 e. The standard InChI is InChI=1S/C18H26N4O2/c1-19-17(23)16-10-24-18(13-22(16)8-14-5-6-14)11-21(12-18)9-15-4-2-3-7-20-15/h2-4,7,14,16H,5-6,8-13H2,1H3,(H,19,23)/t16-/m1/s1. The maximum atomic E-state index is 12.2. The molecule has 1 amide bonds. The fourth-order valence-corrected chi connectivity index (χ4v) is 3.91. The van der Waals surface area contributed by atoms with E-state index in [4.69, 9.17) is 4.74 Å². The average Bonchev–Trinajstić information content (AvgIpc) is 3.38. The lowest BCUT2D eigenvalue weighted by atomic mass is 9.90. The number of rotatable bonds is 5. The van der Waals surface area contributed by atoms with E-state index in [0.29, 0.717) is 6.61 Å². The zero-order chi connectivity index (χ0) is 16.6. The Morgan fingerprint density at radius 2 is 2.21 bits per heavy atom. The van der Waals surface area contributed by atoms with Crippen LogP contribution >= 0.6 is 0 Å². The summed E-state index contributed by atoms with van der Waals surface area (Å²) in [6, 6.07) is 5.90. The summed E-state index contributed by atoms with van der Waals surface area (Å²) < 4.78 is 6.17. The second kappa shape index (κ2) is 6.43. The number of hydrogen-bond acceptors (Lipinski definition) is 5. The zero-order valence-electron chi connectivity index (χ0n) is 14.3. The maximum absolute atomic E-state index is 12.2. The van der Waals surface area contributed by atoms with Gasteiger partial charge < -0.3 is 10.1 Å². The first-order valence-corrected chi connectivity index (χ1v) is 8.89. The molecule has 3 fully saturated rings. The van der Waals surface area contributed by atoms with Crippen molar-refractivity contribution in [1.29, 1.82) is 0 Å². The Hall–Kier alpha value is -1.50. The molecule has 3 heterocycles. The quantitative estimate of drug-likeness (QED) is 0.852. The molecule has 0 radical (unpaired) electrons. The van der Waals surface area contributed by atoms with E-state index >= 15 is 0 Å². The van der Waals surface area contributed by atoms with Crippen LogP contribution in [-0.2, 0) is 16.1 Å². The molecule has 24 heavy (non-hydrogen) atoms. The van der Waals surface area contributed by atoms with Crippen molar-refractivity contribution in [2.75, 3.05) is 39.8 Å². The number of pyridine rings is 1. The lowest BCUT2D eigenvalue weighted by Crippen LogP contribution is -2.72. The van der Waals surface area contributed by atoms with Crippen molar-refractivity contribution < 1.29 is 9.53 Å². The number of carbonyl (C=O) groups is 1. The van der Waals surface area contributed by atoms with Gasteiger partial charge in [0, 0.05) is 46.0 Å². The van der Waals surface area contributed by atoms with Crippen LogP contribution < -0.4 is 5.32 Å². The van der Waals surface area contributed by atoms with E-state index in [1.165, 1.54) is 12.8 Å². The van der Waals surface area contributed by atoms with Gasteiger partial charge in [0.15, 0.2) is 0 Å². The van der Waals surface area contributed by atoms with Gasteiger partial charge in [0.05, 0.1) is 12.3 Å². The Kier molecular flexibility index (Phi) is 4.28. The van der Waals surface area contributed by atoms with Crippen molar-refractivity contribution in [3.8, 4) is 0 Å². The van der Waals surface area contributed by atoms with Gasteiger partial charge >= 0.3 is 0 Å². The van der Waals surface area contributed by atoms with E-state index in [2.05, 4.69) is 26.2 Å². The summed E-state index contributed by atoms with van der Waals surface area (Å²) in [6.45, 7) is 5.11. The lowest BCUT2D eigenvalue weighted by Gasteiger charge is -2.55. The topological polar surface area (TPSA) is 57.7 Å². The first-order valence-electron chi connectivity index (χ1n) is 8.89. The minimum absolute atomic E-state index is 0.0789. The highest BCUT2D eigenvalue weighted by molar-refractivity contribution is 5.81. The fourth-order valence-electron chi connectivity index (χ4n) is 3.91. The summed E-state index contributed by atoms with van der Waals surface area (Å²) in [6.07, 6.45) is 4.45. The van der Waals surface area contributed by atoms with E-state index in [9.17, 15) is 4.79 Å². The van der Waals surface area contributed by atoms with Crippen molar-refractivity contribution in [2.45, 2.75) is 31.0 Å². The number of carbonyl (C=O) groups excluding carboxylic acids is 1. The molecule has 2 aliphatic heterocycles. The Bertz CT molecular complexity index is 584. The molecule has 1 aromatic heterocycles. The van der Waals surface area contributed by atoms with E-state index < -0.39 is 0 Å². The SMILES string of the molecule is CNC(=O)[C@H]1COC2(CN(Cc3ccccn3)C2)CN1CC1CC1. The summed E-state index contributed by atoms with van der Waals surface area (Å²) in [5.74, 6) is 0.854. The van der Waals surface area contributed by atoms with Crippen LogP contribution in [0.2, 0.25) is 0 Å². The molecule has 130 valence electrons. The van der Waals surface area contributed by atoms with Crippen LogP contribution in [0.1, 0.15) is 18.5 Å².